The summed E-state index contributed by atoms with van der Waals surface area (Å²) in [5, 5.41) is 6.58. The zero-order valence-corrected chi connectivity index (χ0v) is 7.16. The molecule has 1 unspecified atom stereocenters. The van der Waals surface area contributed by atoms with Gasteiger partial charge in [0.15, 0.2) is 5.01 Å². The van der Waals surface area contributed by atoms with E-state index in [0.717, 1.165) is 11.3 Å². The minimum atomic E-state index is -2.54. The lowest BCUT2D eigenvalue weighted by molar-refractivity contribution is 0.150. The molecule has 0 aliphatic rings. The van der Waals surface area contributed by atoms with E-state index in [-0.39, 0.29) is 10.4 Å². The molecule has 0 aliphatic heterocycles. The maximum atomic E-state index is 11.9. The highest BCUT2D eigenvalue weighted by Gasteiger charge is 2.15. The van der Waals surface area contributed by atoms with E-state index in [9.17, 15) is 8.78 Å². The highest BCUT2D eigenvalue weighted by Crippen LogP contribution is 2.28. The predicted molar refractivity (Wildman–Crippen MR) is 39.1 cm³/mol. The molecule has 0 aromatic carbocycles. The first-order valence-corrected chi connectivity index (χ1v) is 4.12. The third-order valence-corrected chi connectivity index (χ3v) is 2.43. The Balaban J connectivity index is 2.82. The molecular weight excluding hydrogens is 194 g/mol. The number of halogens is 3. The second-order valence-corrected chi connectivity index (χ2v) is 3.59. The summed E-state index contributed by atoms with van der Waals surface area (Å²) in [7, 11) is 0. The molecule has 1 heterocycles. The maximum Gasteiger partial charge on any atom is 0.291 e. The van der Waals surface area contributed by atoms with Gasteiger partial charge < -0.3 is 0 Å². The van der Waals surface area contributed by atoms with Gasteiger partial charge in [-0.2, -0.15) is 0 Å². The summed E-state index contributed by atoms with van der Waals surface area (Å²) in [6.07, 6.45) is -2.54. The van der Waals surface area contributed by atoms with Gasteiger partial charge in [0.05, 0.1) is 5.38 Å². The largest absolute Gasteiger partial charge is 0.291 e. The molecule has 1 rings (SSSR count). The number of hydrogen-bond acceptors (Lipinski definition) is 3. The summed E-state index contributed by atoms with van der Waals surface area (Å²) in [6, 6.07) is 0. The molecule has 6 heteroatoms. The molecule has 0 spiro atoms. The van der Waals surface area contributed by atoms with Crippen LogP contribution in [-0.4, -0.2) is 10.2 Å². The average Bonchev–Trinajstić information content (AvgIpc) is 2.33. The third kappa shape index (κ3) is 2.07. The van der Waals surface area contributed by atoms with Crippen molar-refractivity contribution in [3.05, 3.63) is 10.0 Å². The second kappa shape index (κ2) is 3.40. The number of nitrogens with zero attached hydrogens (tertiary/aromatic N) is 2. The van der Waals surface area contributed by atoms with E-state index in [4.69, 9.17) is 11.6 Å². The molecule has 0 saturated carbocycles. The maximum absolute atomic E-state index is 11.9. The Morgan fingerprint density at radius 2 is 1.91 bits per heavy atom. The Hall–Kier alpha value is -0.290. The van der Waals surface area contributed by atoms with Crippen LogP contribution in [0, 0.1) is 0 Å². The molecule has 1 aromatic rings. The monoisotopic (exact) mass is 198 g/mol. The van der Waals surface area contributed by atoms with Gasteiger partial charge in [0.25, 0.3) is 6.43 Å². The lowest BCUT2D eigenvalue weighted by Crippen LogP contribution is -1.82. The van der Waals surface area contributed by atoms with Crippen LogP contribution in [0.4, 0.5) is 8.78 Å². The summed E-state index contributed by atoms with van der Waals surface area (Å²) < 4.78 is 23.8. The fraction of sp³-hybridized carbons (Fsp3) is 0.600. The van der Waals surface area contributed by atoms with Crippen molar-refractivity contribution in [3.8, 4) is 0 Å². The number of aromatic nitrogens is 2. The smallest absolute Gasteiger partial charge is 0.202 e. The Morgan fingerprint density at radius 3 is 2.18 bits per heavy atom. The SMILES string of the molecule is CC(Cl)c1nnc(C(F)F)s1. The number of hydrogen-bond donors (Lipinski definition) is 0. The van der Waals surface area contributed by atoms with Gasteiger partial charge in [-0.25, -0.2) is 8.78 Å². The van der Waals surface area contributed by atoms with E-state index in [1.54, 1.807) is 6.92 Å². The molecule has 0 bridgehead atoms. The van der Waals surface area contributed by atoms with Crippen LogP contribution in [-0.2, 0) is 0 Å². The zero-order chi connectivity index (χ0) is 8.43. The summed E-state index contributed by atoms with van der Waals surface area (Å²) >= 11 is 6.43. The van der Waals surface area contributed by atoms with Crippen molar-refractivity contribution in [2.45, 2.75) is 18.7 Å². The predicted octanol–water partition coefficient (Wildman–Crippen LogP) is 2.78. The van der Waals surface area contributed by atoms with Gasteiger partial charge in [-0.3, -0.25) is 0 Å². The van der Waals surface area contributed by atoms with Crippen LogP contribution < -0.4 is 0 Å². The highest BCUT2D eigenvalue weighted by atomic mass is 35.5. The average molecular weight is 199 g/mol. The Labute approximate surface area is 71.2 Å². The quantitative estimate of drug-likeness (QED) is 0.683. The van der Waals surface area contributed by atoms with Gasteiger partial charge in [-0.15, -0.1) is 21.8 Å². The van der Waals surface area contributed by atoms with Crippen LogP contribution in [0.25, 0.3) is 0 Å². The molecular formula is C5H5ClF2N2S. The van der Waals surface area contributed by atoms with Crippen molar-refractivity contribution in [2.75, 3.05) is 0 Å². The third-order valence-electron chi connectivity index (χ3n) is 0.983. The second-order valence-electron chi connectivity index (χ2n) is 1.90. The molecule has 0 radical (unpaired) electrons. The number of alkyl halides is 3. The summed E-state index contributed by atoms with van der Waals surface area (Å²) in [6.45, 7) is 1.66. The van der Waals surface area contributed by atoms with E-state index < -0.39 is 6.43 Å². The van der Waals surface area contributed by atoms with Crippen LogP contribution in [0.15, 0.2) is 0 Å². The summed E-state index contributed by atoms with van der Waals surface area (Å²) in [5.41, 5.74) is 0. The minimum Gasteiger partial charge on any atom is -0.202 e. The number of rotatable bonds is 2. The molecule has 2 nitrogen and oxygen atoms in total. The molecule has 0 saturated heterocycles. The van der Waals surface area contributed by atoms with Crippen molar-refractivity contribution in [1.29, 1.82) is 0 Å². The van der Waals surface area contributed by atoms with E-state index in [1.165, 1.54) is 0 Å². The van der Waals surface area contributed by atoms with Crippen LogP contribution in [0.5, 0.6) is 0 Å². The molecule has 0 aliphatic carbocycles. The van der Waals surface area contributed by atoms with Crippen LogP contribution in [0.2, 0.25) is 0 Å². The van der Waals surface area contributed by atoms with E-state index in [1.807, 2.05) is 0 Å². The first-order valence-electron chi connectivity index (χ1n) is 2.86. The van der Waals surface area contributed by atoms with Crippen LogP contribution >= 0.6 is 22.9 Å². The van der Waals surface area contributed by atoms with Crippen molar-refractivity contribution in [1.82, 2.24) is 10.2 Å². The van der Waals surface area contributed by atoms with E-state index in [0.29, 0.717) is 5.01 Å². The minimum absolute atomic E-state index is 0.271. The fourth-order valence-electron chi connectivity index (χ4n) is 0.495. The van der Waals surface area contributed by atoms with Crippen molar-refractivity contribution >= 4 is 22.9 Å². The Kier molecular flexibility index (Phi) is 2.72. The van der Waals surface area contributed by atoms with E-state index >= 15 is 0 Å². The Morgan fingerprint density at radius 1 is 1.36 bits per heavy atom. The van der Waals surface area contributed by atoms with Gasteiger partial charge in [-0.05, 0) is 6.92 Å². The van der Waals surface area contributed by atoms with Gasteiger partial charge in [0.1, 0.15) is 5.01 Å². The van der Waals surface area contributed by atoms with Crippen molar-refractivity contribution in [3.63, 3.8) is 0 Å². The van der Waals surface area contributed by atoms with Gasteiger partial charge in [0, 0.05) is 0 Å². The molecule has 62 valence electrons. The topological polar surface area (TPSA) is 25.8 Å². The first kappa shape index (κ1) is 8.80. The lowest BCUT2D eigenvalue weighted by atomic mass is 10.5. The van der Waals surface area contributed by atoms with Gasteiger partial charge in [0.2, 0.25) is 0 Å². The standard InChI is InChI=1S/C5H5ClF2N2S/c1-2(6)4-9-10-5(11-4)3(7)8/h2-3H,1H3. The highest BCUT2D eigenvalue weighted by molar-refractivity contribution is 7.11. The molecule has 11 heavy (non-hydrogen) atoms. The van der Waals surface area contributed by atoms with Crippen molar-refractivity contribution in [2.24, 2.45) is 0 Å². The lowest BCUT2D eigenvalue weighted by Gasteiger charge is -1.91. The van der Waals surface area contributed by atoms with Gasteiger partial charge in [-0.1, -0.05) is 11.3 Å². The normalized spacial score (nSPS) is 13.9. The fourth-order valence-corrected chi connectivity index (χ4v) is 1.30. The molecule has 0 fully saturated rings. The zero-order valence-electron chi connectivity index (χ0n) is 5.59. The summed E-state index contributed by atoms with van der Waals surface area (Å²) in [5.74, 6) is 0. The van der Waals surface area contributed by atoms with E-state index in [2.05, 4.69) is 10.2 Å². The molecule has 1 atom stereocenters. The summed E-state index contributed by atoms with van der Waals surface area (Å²) in [4.78, 5) is 0. The van der Waals surface area contributed by atoms with Crippen LogP contribution in [0.1, 0.15) is 28.7 Å². The molecule has 1 aromatic heterocycles. The van der Waals surface area contributed by atoms with Crippen LogP contribution in [0.3, 0.4) is 0 Å². The Bertz CT molecular complexity index is 216. The van der Waals surface area contributed by atoms with Gasteiger partial charge >= 0.3 is 0 Å². The molecule has 0 amide bonds. The first-order chi connectivity index (χ1) is 5.11. The van der Waals surface area contributed by atoms with Crippen molar-refractivity contribution < 1.29 is 8.78 Å². The molecule has 0 N–H and O–H groups in total.